The summed E-state index contributed by atoms with van der Waals surface area (Å²) in [6, 6.07) is 18.2. The van der Waals surface area contributed by atoms with E-state index in [1.807, 2.05) is 48.2 Å². The number of imidazole rings is 1. The predicted molar refractivity (Wildman–Crippen MR) is 106 cm³/mol. The second-order valence-electron chi connectivity index (χ2n) is 6.84. The Morgan fingerprint density at radius 1 is 1.19 bits per heavy atom. The third kappa shape index (κ3) is 3.63. The number of fused-ring (bicyclic) bond motifs is 1. The minimum atomic E-state index is -0.0770. The van der Waals surface area contributed by atoms with E-state index in [-0.39, 0.29) is 17.1 Å². The number of benzene rings is 2. The van der Waals surface area contributed by atoms with E-state index in [0.717, 1.165) is 47.7 Å². The molecule has 4 rings (SSSR count). The summed E-state index contributed by atoms with van der Waals surface area (Å²) in [6.45, 7) is 3.60. The van der Waals surface area contributed by atoms with Crippen LogP contribution in [0.2, 0.25) is 0 Å². The molecule has 0 spiro atoms. The first kappa shape index (κ1) is 17.2. The number of carbonyl (C=O) groups is 1. The van der Waals surface area contributed by atoms with Gasteiger partial charge in [-0.25, -0.2) is 4.98 Å². The van der Waals surface area contributed by atoms with Crippen LogP contribution in [-0.4, -0.2) is 39.1 Å². The lowest BCUT2D eigenvalue weighted by atomic mass is 9.97. The summed E-state index contributed by atoms with van der Waals surface area (Å²) in [5.74, 6) is 1.51. The Bertz CT molecular complexity index is 859. The van der Waals surface area contributed by atoms with Crippen molar-refractivity contribution in [1.29, 1.82) is 0 Å². The van der Waals surface area contributed by atoms with Crippen LogP contribution < -0.4 is 0 Å². The molecule has 1 aliphatic heterocycles. The summed E-state index contributed by atoms with van der Waals surface area (Å²) in [4.78, 5) is 24.3. The fraction of sp³-hybridized carbons (Fsp3) is 0.333. The number of aromatic nitrogens is 2. The Balaban J connectivity index is 1.44. The average molecular weight is 366 g/mol. The van der Waals surface area contributed by atoms with Crippen molar-refractivity contribution in [3.05, 3.63) is 60.4 Å². The number of piperidine rings is 1. The van der Waals surface area contributed by atoms with E-state index in [0.29, 0.717) is 0 Å². The van der Waals surface area contributed by atoms with Gasteiger partial charge in [0.05, 0.1) is 16.3 Å². The Labute approximate surface area is 158 Å². The zero-order chi connectivity index (χ0) is 17.9. The lowest BCUT2D eigenvalue weighted by Gasteiger charge is -2.33. The Morgan fingerprint density at radius 2 is 1.96 bits per heavy atom. The molecule has 0 aliphatic carbocycles. The molecule has 1 amide bonds. The number of hydrogen-bond acceptors (Lipinski definition) is 3. The number of hydrogen-bond donors (Lipinski definition) is 1. The van der Waals surface area contributed by atoms with E-state index in [4.69, 9.17) is 4.98 Å². The number of thioether (sulfide) groups is 1. The van der Waals surface area contributed by atoms with E-state index >= 15 is 0 Å². The second kappa shape index (κ2) is 7.54. The van der Waals surface area contributed by atoms with E-state index in [1.54, 1.807) is 11.8 Å². The maximum absolute atomic E-state index is 12.9. The SMILES string of the molecule is C[C@H](Sc1ccccc1)C(=O)N1CCC[C@H](c2nc3ccccc3[nH]2)C1. The maximum atomic E-state index is 12.9. The molecule has 2 atom stereocenters. The van der Waals surface area contributed by atoms with Crippen LogP contribution in [0.15, 0.2) is 59.5 Å². The van der Waals surface area contributed by atoms with E-state index in [9.17, 15) is 4.79 Å². The molecular formula is C21H23N3OS. The summed E-state index contributed by atoms with van der Waals surface area (Å²) in [5, 5.41) is -0.0770. The van der Waals surface area contributed by atoms with Crippen LogP contribution in [0.3, 0.4) is 0 Å². The van der Waals surface area contributed by atoms with Crippen molar-refractivity contribution in [1.82, 2.24) is 14.9 Å². The number of rotatable bonds is 4. The van der Waals surface area contributed by atoms with E-state index < -0.39 is 0 Å². The second-order valence-corrected chi connectivity index (χ2v) is 8.25. The van der Waals surface area contributed by atoms with Gasteiger partial charge >= 0.3 is 0 Å². The van der Waals surface area contributed by atoms with E-state index in [1.165, 1.54) is 0 Å². The molecule has 0 radical (unpaired) electrons. The Morgan fingerprint density at radius 3 is 2.77 bits per heavy atom. The number of para-hydroxylation sites is 2. The Hall–Kier alpha value is -2.27. The molecular weight excluding hydrogens is 342 g/mol. The van der Waals surface area contributed by atoms with Gasteiger partial charge in [-0.2, -0.15) is 0 Å². The predicted octanol–water partition coefficient (Wildman–Crippen LogP) is 4.45. The molecule has 0 bridgehead atoms. The maximum Gasteiger partial charge on any atom is 0.235 e. The van der Waals surface area contributed by atoms with Gasteiger partial charge < -0.3 is 9.88 Å². The van der Waals surface area contributed by atoms with Crippen molar-refractivity contribution in [2.45, 2.75) is 35.8 Å². The van der Waals surface area contributed by atoms with Crippen molar-refractivity contribution in [3.63, 3.8) is 0 Å². The van der Waals surface area contributed by atoms with Gasteiger partial charge in [0.1, 0.15) is 5.82 Å². The number of amides is 1. The third-order valence-corrected chi connectivity index (χ3v) is 6.03. The van der Waals surface area contributed by atoms with Crippen LogP contribution in [0.25, 0.3) is 11.0 Å². The van der Waals surface area contributed by atoms with Crippen molar-refractivity contribution in [2.24, 2.45) is 0 Å². The molecule has 5 heteroatoms. The topological polar surface area (TPSA) is 49.0 Å². The highest BCUT2D eigenvalue weighted by Crippen LogP contribution is 2.29. The van der Waals surface area contributed by atoms with Crippen LogP contribution in [0, 0.1) is 0 Å². The molecule has 4 nitrogen and oxygen atoms in total. The summed E-state index contributed by atoms with van der Waals surface area (Å²) < 4.78 is 0. The number of H-pyrrole nitrogens is 1. The lowest BCUT2D eigenvalue weighted by molar-refractivity contribution is -0.131. The number of carbonyl (C=O) groups excluding carboxylic acids is 1. The van der Waals surface area contributed by atoms with Gasteiger partial charge in [-0.1, -0.05) is 30.3 Å². The van der Waals surface area contributed by atoms with Gasteiger partial charge in [-0.05, 0) is 44.0 Å². The number of nitrogens with zero attached hydrogens (tertiary/aromatic N) is 2. The first-order chi connectivity index (χ1) is 12.7. The molecule has 1 aliphatic rings. The van der Waals surface area contributed by atoms with Crippen LogP contribution in [0.4, 0.5) is 0 Å². The summed E-state index contributed by atoms with van der Waals surface area (Å²) in [6.07, 6.45) is 2.10. The average Bonchev–Trinajstić information content (AvgIpc) is 3.12. The van der Waals surface area contributed by atoms with Crippen LogP contribution in [-0.2, 0) is 4.79 Å². The van der Waals surface area contributed by atoms with Gasteiger partial charge in [0.15, 0.2) is 0 Å². The molecule has 1 saturated heterocycles. The van der Waals surface area contributed by atoms with Gasteiger partial charge in [0.25, 0.3) is 0 Å². The van der Waals surface area contributed by atoms with Crippen LogP contribution in [0.5, 0.6) is 0 Å². The summed E-state index contributed by atoms with van der Waals surface area (Å²) >= 11 is 1.63. The van der Waals surface area contributed by atoms with E-state index in [2.05, 4.69) is 23.2 Å². The molecule has 26 heavy (non-hydrogen) atoms. The quantitative estimate of drug-likeness (QED) is 0.695. The fourth-order valence-electron chi connectivity index (χ4n) is 3.58. The summed E-state index contributed by atoms with van der Waals surface area (Å²) in [5.41, 5.74) is 2.07. The third-order valence-electron chi connectivity index (χ3n) is 4.93. The zero-order valence-corrected chi connectivity index (χ0v) is 15.7. The molecule has 0 saturated carbocycles. The van der Waals surface area contributed by atoms with Crippen LogP contribution in [0.1, 0.15) is 31.5 Å². The highest BCUT2D eigenvalue weighted by atomic mass is 32.2. The minimum Gasteiger partial charge on any atom is -0.342 e. The lowest BCUT2D eigenvalue weighted by Crippen LogP contribution is -2.42. The van der Waals surface area contributed by atoms with Crippen molar-refractivity contribution in [3.8, 4) is 0 Å². The van der Waals surface area contributed by atoms with Crippen molar-refractivity contribution >= 4 is 28.7 Å². The van der Waals surface area contributed by atoms with Crippen LogP contribution >= 0.6 is 11.8 Å². The zero-order valence-electron chi connectivity index (χ0n) is 14.9. The van der Waals surface area contributed by atoms with Gasteiger partial charge in [-0.3, -0.25) is 4.79 Å². The molecule has 1 fully saturated rings. The monoisotopic (exact) mass is 365 g/mol. The highest BCUT2D eigenvalue weighted by Gasteiger charge is 2.29. The highest BCUT2D eigenvalue weighted by molar-refractivity contribution is 8.00. The molecule has 2 aromatic carbocycles. The Kier molecular flexibility index (Phi) is 4.98. The smallest absolute Gasteiger partial charge is 0.235 e. The number of likely N-dealkylation sites (tertiary alicyclic amines) is 1. The fourth-order valence-corrected chi connectivity index (χ4v) is 4.55. The number of nitrogens with one attached hydrogen (secondary N) is 1. The normalized spacial score (nSPS) is 18.8. The first-order valence-electron chi connectivity index (χ1n) is 9.16. The molecule has 0 unspecified atom stereocenters. The standard InChI is InChI=1S/C21H23N3OS/c1-15(26-17-9-3-2-4-10-17)21(25)24-13-7-8-16(14-24)20-22-18-11-5-6-12-19(18)23-20/h2-6,9-12,15-16H,7-8,13-14H2,1H3,(H,22,23)/t15-,16-/m0/s1. The van der Waals surface area contributed by atoms with Crippen molar-refractivity contribution < 1.29 is 4.79 Å². The molecule has 3 aromatic rings. The number of aromatic amines is 1. The van der Waals surface area contributed by atoms with Gasteiger partial charge in [0.2, 0.25) is 5.91 Å². The first-order valence-corrected chi connectivity index (χ1v) is 10.0. The molecule has 2 heterocycles. The minimum absolute atomic E-state index is 0.0770. The van der Waals surface area contributed by atoms with Gasteiger partial charge in [0, 0.05) is 23.9 Å². The van der Waals surface area contributed by atoms with Gasteiger partial charge in [-0.15, -0.1) is 11.8 Å². The summed E-state index contributed by atoms with van der Waals surface area (Å²) in [7, 11) is 0. The molecule has 134 valence electrons. The van der Waals surface area contributed by atoms with Crippen molar-refractivity contribution in [2.75, 3.05) is 13.1 Å². The molecule has 1 aromatic heterocycles. The molecule has 1 N–H and O–H groups in total. The largest absolute Gasteiger partial charge is 0.342 e.